The molecule has 0 aliphatic heterocycles. The summed E-state index contributed by atoms with van der Waals surface area (Å²) in [6.45, 7) is 10.3. The highest BCUT2D eigenvalue weighted by molar-refractivity contribution is 5.78. The molecule has 3 heteroatoms. The maximum Gasteiger partial charge on any atom is 0.258 e. The topological polar surface area (TPSA) is 38.3 Å². The number of amides is 1. The van der Waals surface area contributed by atoms with Crippen molar-refractivity contribution in [2.45, 2.75) is 40.7 Å². The number of hydrogen-bond donors (Lipinski definition) is 1. The molecule has 23 heavy (non-hydrogen) atoms. The van der Waals surface area contributed by atoms with Crippen LogP contribution < -0.4 is 10.1 Å². The first-order chi connectivity index (χ1) is 10.9. The molecule has 3 nitrogen and oxygen atoms in total. The van der Waals surface area contributed by atoms with Gasteiger partial charge in [0, 0.05) is 0 Å². The Kier molecular flexibility index (Phi) is 5.43. The Hall–Kier alpha value is -2.29. The molecule has 0 radical (unpaired) electrons. The molecule has 1 atom stereocenters. The first-order valence-electron chi connectivity index (χ1n) is 7.94. The third kappa shape index (κ3) is 4.35. The van der Waals surface area contributed by atoms with Crippen molar-refractivity contribution in [3.8, 4) is 5.75 Å². The van der Waals surface area contributed by atoms with Crippen LogP contribution >= 0.6 is 0 Å². The van der Waals surface area contributed by atoms with E-state index in [0.29, 0.717) is 0 Å². The number of para-hydroxylation sites is 1. The van der Waals surface area contributed by atoms with Crippen LogP contribution in [0.2, 0.25) is 0 Å². The van der Waals surface area contributed by atoms with Crippen LogP contribution in [0, 0.1) is 27.7 Å². The van der Waals surface area contributed by atoms with E-state index in [9.17, 15) is 4.79 Å². The molecule has 0 saturated heterocycles. The molecular weight excluding hydrogens is 286 g/mol. The van der Waals surface area contributed by atoms with Crippen molar-refractivity contribution in [1.82, 2.24) is 5.32 Å². The molecule has 1 N–H and O–H groups in total. The molecule has 0 spiro atoms. The minimum absolute atomic E-state index is 0.0269. The van der Waals surface area contributed by atoms with Crippen LogP contribution in [0.1, 0.15) is 40.8 Å². The molecule has 0 heterocycles. The van der Waals surface area contributed by atoms with E-state index in [1.807, 2.05) is 38.1 Å². The fourth-order valence-electron chi connectivity index (χ4n) is 2.67. The van der Waals surface area contributed by atoms with E-state index >= 15 is 0 Å². The van der Waals surface area contributed by atoms with Crippen LogP contribution in [-0.2, 0) is 4.79 Å². The standard InChI is InChI=1S/C20H25NO2/c1-13-8-6-7-9-19(13)23-12-20(22)21-17(5)18-11-15(3)14(2)10-16(18)4/h6-11,17H,12H2,1-5H3,(H,21,22)/t17-/m0/s1. The van der Waals surface area contributed by atoms with Crippen molar-refractivity contribution in [1.29, 1.82) is 0 Å². The van der Waals surface area contributed by atoms with Crippen molar-refractivity contribution in [2.24, 2.45) is 0 Å². The fraction of sp³-hybridized carbons (Fsp3) is 0.350. The van der Waals surface area contributed by atoms with Gasteiger partial charge in [-0.2, -0.15) is 0 Å². The lowest BCUT2D eigenvalue weighted by Gasteiger charge is -2.19. The molecule has 0 bridgehead atoms. The second kappa shape index (κ2) is 7.32. The number of benzene rings is 2. The largest absolute Gasteiger partial charge is 0.484 e. The summed E-state index contributed by atoms with van der Waals surface area (Å²) in [5, 5.41) is 3.01. The van der Waals surface area contributed by atoms with E-state index in [1.54, 1.807) is 0 Å². The van der Waals surface area contributed by atoms with Crippen LogP contribution in [0.3, 0.4) is 0 Å². The monoisotopic (exact) mass is 311 g/mol. The highest BCUT2D eigenvalue weighted by Gasteiger charge is 2.13. The minimum atomic E-state index is -0.113. The maximum atomic E-state index is 12.1. The van der Waals surface area contributed by atoms with E-state index in [4.69, 9.17) is 4.74 Å². The molecule has 0 aliphatic rings. The Balaban J connectivity index is 1.97. The lowest BCUT2D eigenvalue weighted by atomic mass is 9.96. The molecule has 0 fully saturated rings. The summed E-state index contributed by atoms with van der Waals surface area (Å²) in [6, 6.07) is 12.0. The predicted octanol–water partition coefficient (Wildman–Crippen LogP) is 4.18. The number of hydrogen-bond acceptors (Lipinski definition) is 2. The van der Waals surface area contributed by atoms with Gasteiger partial charge in [0.15, 0.2) is 6.61 Å². The SMILES string of the molecule is Cc1cc(C)c([C@H](C)NC(=O)COc2ccccc2C)cc1C. The lowest BCUT2D eigenvalue weighted by molar-refractivity contribution is -0.123. The van der Waals surface area contributed by atoms with Crippen molar-refractivity contribution in [2.75, 3.05) is 6.61 Å². The Morgan fingerprint density at radius 1 is 1.00 bits per heavy atom. The highest BCUT2D eigenvalue weighted by Crippen LogP contribution is 2.21. The third-order valence-corrected chi connectivity index (χ3v) is 4.18. The average Bonchev–Trinajstić information content (AvgIpc) is 2.50. The summed E-state index contributed by atoms with van der Waals surface area (Å²) in [4.78, 5) is 12.1. The number of rotatable bonds is 5. The van der Waals surface area contributed by atoms with Crippen LogP contribution in [0.4, 0.5) is 0 Å². The lowest BCUT2D eigenvalue weighted by Crippen LogP contribution is -2.31. The smallest absolute Gasteiger partial charge is 0.258 e. The zero-order chi connectivity index (χ0) is 17.0. The highest BCUT2D eigenvalue weighted by atomic mass is 16.5. The van der Waals surface area contributed by atoms with Crippen molar-refractivity contribution in [3.63, 3.8) is 0 Å². The number of nitrogens with one attached hydrogen (secondary N) is 1. The first kappa shape index (κ1) is 17.1. The zero-order valence-corrected chi connectivity index (χ0v) is 14.6. The molecular formula is C20H25NO2. The summed E-state index contributed by atoms with van der Waals surface area (Å²) in [5.41, 5.74) is 5.88. The van der Waals surface area contributed by atoms with E-state index in [0.717, 1.165) is 16.9 Å². The van der Waals surface area contributed by atoms with E-state index in [-0.39, 0.29) is 18.6 Å². The fourth-order valence-corrected chi connectivity index (χ4v) is 2.67. The van der Waals surface area contributed by atoms with Gasteiger partial charge in [0.2, 0.25) is 0 Å². The Labute approximate surface area is 138 Å². The van der Waals surface area contributed by atoms with Gasteiger partial charge in [-0.1, -0.05) is 30.3 Å². The van der Waals surface area contributed by atoms with E-state index < -0.39 is 0 Å². The summed E-state index contributed by atoms with van der Waals surface area (Å²) in [7, 11) is 0. The van der Waals surface area contributed by atoms with Gasteiger partial charge in [-0.25, -0.2) is 0 Å². The number of carbonyl (C=O) groups is 1. The molecule has 2 aromatic rings. The molecule has 122 valence electrons. The molecule has 1 amide bonds. The van der Waals surface area contributed by atoms with Gasteiger partial charge in [0.25, 0.3) is 5.91 Å². The quantitative estimate of drug-likeness (QED) is 0.899. The number of ether oxygens (including phenoxy) is 1. The summed E-state index contributed by atoms with van der Waals surface area (Å²) in [5.74, 6) is 0.635. The van der Waals surface area contributed by atoms with Gasteiger partial charge in [0.05, 0.1) is 6.04 Å². The van der Waals surface area contributed by atoms with Crippen LogP contribution in [0.25, 0.3) is 0 Å². The van der Waals surface area contributed by atoms with Gasteiger partial charge < -0.3 is 10.1 Å². The predicted molar refractivity (Wildman–Crippen MR) is 93.9 cm³/mol. The Morgan fingerprint density at radius 2 is 1.65 bits per heavy atom. The second-order valence-electron chi connectivity index (χ2n) is 6.14. The summed E-state index contributed by atoms with van der Waals surface area (Å²) in [6.07, 6.45) is 0. The van der Waals surface area contributed by atoms with E-state index in [1.165, 1.54) is 16.7 Å². The zero-order valence-electron chi connectivity index (χ0n) is 14.6. The normalized spacial score (nSPS) is 11.9. The van der Waals surface area contributed by atoms with Crippen molar-refractivity contribution >= 4 is 5.91 Å². The second-order valence-corrected chi connectivity index (χ2v) is 6.14. The van der Waals surface area contributed by atoms with E-state index in [2.05, 4.69) is 38.2 Å². The first-order valence-corrected chi connectivity index (χ1v) is 7.94. The summed E-state index contributed by atoms with van der Waals surface area (Å²) < 4.78 is 5.60. The molecule has 0 unspecified atom stereocenters. The van der Waals surface area contributed by atoms with Crippen LogP contribution in [-0.4, -0.2) is 12.5 Å². The average molecular weight is 311 g/mol. The third-order valence-electron chi connectivity index (χ3n) is 4.18. The van der Waals surface area contributed by atoms with Crippen molar-refractivity contribution < 1.29 is 9.53 Å². The maximum absolute atomic E-state index is 12.1. The van der Waals surface area contributed by atoms with Crippen LogP contribution in [0.15, 0.2) is 36.4 Å². The summed E-state index contributed by atoms with van der Waals surface area (Å²) >= 11 is 0. The molecule has 0 aromatic heterocycles. The van der Waals surface area contributed by atoms with Gasteiger partial charge >= 0.3 is 0 Å². The van der Waals surface area contributed by atoms with Gasteiger partial charge in [-0.3, -0.25) is 4.79 Å². The molecule has 0 aliphatic carbocycles. The minimum Gasteiger partial charge on any atom is -0.484 e. The Bertz CT molecular complexity index is 707. The molecule has 0 saturated carbocycles. The number of carbonyl (C=O) groups excluding carboxylic acids is 1. The Morgan fingerprint density at radius 3 is 2.35 bits per heavy atom. The molecule has 2 rings (SSSR count). The van der Waals surface area contributed by atoms with Crippen LogP contribution in [0.5, 0.6) is 5.75 Å². The van der Waals surface area contributed by atoms with Gasteiger partial charge in [-0.15, -0.1) is 0 Å². The van der Waals surface area contributed by atoms with Gasteiger partial charge in [0.1, 0.15) is 5.75 Å². The van der Waals surface area contributed by atoms with Gasteiger partial charge in [-0.05, 0) is 68.5 Å². The molecule has 2 aromatic carbocycles. The number of aryl methyl sites for hydroxylation is 4. The van der Waals surface area contributed by atoms with Crippen molar-refractivity contribution in [3.05, 3.63) is 64.2 Å².